The minimum atomic E-state index is -0.213. The third-order valence-corrected chi connectivity index (χ3v) is 4.32. The maximum atomic E-state index is 12.5. The second-order valence-electron chi connectivity index (χ2n) is 5.97. The molecule has 0 saturated carbocycles. The number of aromatic nitrogens is 2. The molecule has 7 nitrogen and oxygen atoms in total. The fourth-order valence-electron chi connectivity index (χ4n) is 2.87. The lowest BCUT2D eigenvalue weighted by molar-refractivity contribution is -0.126. The van der Waals surface area contributed by atoms with Crippen molar-refractivity contribution in [3.63, 3.8) is 0 Å². The molecule has 134 valence electrons. The Kier molecular flexibility index (Phi) is 5.55. The molecule has 0 saturated heterocycles. The fraction of sp³-hybridized carbons (Fsp3) is 0.444. The first-order valence-electron chi connectivity index (χ1n) is 8.26. The predicted octanol–water partition coefficient (Wildman–Crippen LogP) is 1.41. The van der Waals surface area contributed by atoms with Gasteiger partial charge in [0, 0.05) is 19.9 Å². The molecule has 0 radical (unpaired) electrons. The number of methoxy groups -OCH3 is 2. The van der Waals surface area contributed by atoms with Crippen LogP contribution in [0.15, 0.2) is 30.7 Å². The standard InChI is InChI=1S/C18H23N3O4/c1-23-6-5-21-12-19-9-15(21)10-20-18(22)14-7-13-8-16(24-2)3-4-17(13)25-11-14/h3-4,8-9,12,14H,5-7,10-11H2,1-2H3,(H,20,22)/t14-/m0/s1. The highest BCUT2D eigenvalue weighted by Crippen LogP contribution is 2.30. The predicted molar refractivity (Wildman–Crippen MR) is 91.6 cm³/mol. The van der Waals surface area contributed by atoms with Gasteiger partial charge in [-0.25, -0.2) is 4.98 Å². The topological polar surface area (TPSA) is 74.6 Å². The molecule has 0 unspecified atom stereocenters. The summed E-state index contributed by atoms with van der Waals surface area (Å²) < 4.78 is 18.0. The van der Waals surface area contributed by atoms with E-state index in [0.29, 0.717) is 32.7 Å². The molecule has 7 heteroatoms. The number of nitrogens with zero attached hydrogens (tertiary/aromatic N) is 2. The fourth-order valence-corrected chi connectivity index (χ4v) is 2.87. The third-order valence-electron chi connectivity index (χ3n) is 4.32. The van der Waals surface area contributed by atoms with Crippen molar-refractivity contribution in [3.05, 3.63) is 42.0 Å². The lowest BCUT2D eigenvalue weighted by Gasteiger charge is -2.25. The molecule has 0 bridgehead atoms. The quantitative estimate of drug-likeness (QED) is 0.821. The Hall–Kier alpha value is -2.54. The SMILES string of the molecule is COCCn1cncc1CNC(=O)[C@@H]1COc2ccc(OC)cc2C1. The zero-order valence-corrected chi connectivity index (χ0v) is 14.5. The van der Waals surface area contributed by atoms with Crippen LogP contribution in [0.5, 0.6) is 11.5 Å². The van der Waals surface area contributed by atoms with Crippen molar-refractivity contribution in [2.45, 2.75) is 19.5 Å². The van der Waals surface area contributed by atoms with Crippen LogP contribution in [0.4, 0.5) is 0 Å². The normalized spacial score (nSPS) is 16.0. The minimum absolute atomic E-state index is 0.0204. The molecule has 0 fully saturated rings. The maximum absolute atomic E-state index is 12.5. The number of imidazole rings is 1. The van der Waals surface area contributed by atoms with Gasteiger partial charge in [0.25, 0.3) is 0 Å². The Morgan fingerprint density at radius 2 is 2.32 bits per heavy atom. The van der Waals surface area contributed by atoms with Crippen LogP contribution in [0.2, 0.25) is 0 Å². The van der Waals surface area contributed by atoms with Gasteiger partial charge in [-0.1, -0.05) is 0 Å². The summed E-state index contributed by atoms with van der Waals surface area (Å²) in [5, 5.41) is 2.98. The monoisotopic (exact) mass is 345 g/mol. The smallest absolute Gasteiger partial charge is 0.227 e. The second kappa shape index (κ2) is 8.02. The average molecular weight is 345 g/mol. The van der Waals surface area contributed by atoms with Crippen molar-refractivity contribution in [1.82, 2.24) is 14.9 Å². The molecule has 2 aromatic rings. The molecule has 1 aromatic carbocycles. The van der Waals surface area contributed by atoms with Crippen LogP contribution in [-0.4, -0.2) is 42.9 Å². The molecule has 25 heavy (non-hydrogen) atoms. The molecule has 1 atom stereocenters. The van der Waals surface area contributed by atoms with E-state index in [9.17, 15) is 4.79 Å². The van der Waals surface area contributed by atoms with Crippen molar-refractivity contribution in [2.75, 3.05) is 27.4 Å². The number of amides is 1. The molecule has 2 heterocycles. The zero-order valence-electron chi connectivity index (χ0n) is 14.5. The average Bonchev–Trinajstić information content (AvgIpc) is 3.10. The number of fused-ring (bicyclic) bond motifs is 1. The van der Waals surface area contributed by atoms with E-state index in [2.05, 4.69) is 10.3 Å². The van der Waals surface area contributed by atoms with Gasteiger partial charge in [-0.2, -0.15) is 0 Å². The van der Waals surface area contributed by atoms with Crippen LogP contribution in [0.25, 0.3) is 0 Å². The van der Waals surface area contributed by atoms with E-state index in [-0.39, 0.29) is 11.8 Å². The minimum Gasteiger partial charge on any atom is -0.497 e. The molecule has 0 aliphatic carbocycles. The van der Waals surface area contributed by atoms with Gasteiger partial charge < -0.3 is 24.1 Å². The van der Waals surface area contributed by atoms with Crippen molar-refractivity contribution in [2.24, 2.45) is 5.92 Å². The van der Waals surface area contributed by atoms with Crippen LogP contribution >= 0.6 is 0 Å². The number of rotatable bonds is 7. The summed E-state index contributed by atoms with van der Waals surface area (Å²) in [7, 11) is 3.29. The van der Waals surface area contributed by atoms with Gasteiger partial charge in [-0.15, -0.1) is 0 Å². The Morgan fingerprint density at radius 1 is 1.44 bits per heavy atom. The van der Waals surface area contributed by atoms with Gasteiger partial charge in [-0.3, -0.25) is 4.79 Å². The Labute approximate surface area is 146 Å². The molecule has 1 amide bonds. The van der Waals surface area contributed by atoms with Gasteiger partial charge in [-0.05, 0) is 30.2 Å². The number of nitrogens with one attached hydrogen (secondary N) is 1. The van der Waals surface area contributed by atoms with Crippen LogP contribution in [0, 0.1) is 5.92 Å². The number of hydrogen-bond donors (Lipinski definition) is 1. The molecule has 1 aliphatic heterocycles. The van der Waals surface area contributed by atoms with E-state index >= 15 is 0 Å². The van der Waals surface area contributed by atoms with Gasteiger partial charge in [0.2, 0.25) is 5.91 Å². The van der Waals surface area contributed by atoms with Crippen molar-refractivity contribution in [1.29, 1.82) is 0 Å². The van der Waals surface area contributed by atoms with Crippen molar-refractivity contribution < 1.29 is 19.0 Å². The summed E-state index contributed by atoms with van der Waals surface area (Å²) in [6.45, 7) is 2.13. The first-order chi connectivity index (χ1) is 12.2. The Balaban J connectivity index is 1.58. The van der Waals surface area contributed by atoms with Crippen molar-refractivity contribution in [3.8, 4) is 11.5 Å². The lowest BCUT2D eigenvalue weighted by atomic mass is 9.96. The van der Waals surface area contributed by atoms with Gasteiger partial charge in [0.15, 0.2) is 0 Å². The molecule has 1 aliphatic rings. The number of ether oxygens (including phenoxy) is 3. The summed E-state index contributed by atoms with van der Waals surface area (Å²) >= 11 is 0. The molecule has 3 rings (SSSR count). The van der Waals surface area contributed by atoms with E-state index in [1.54, 1.807) is 26.7 Å². The highest BCUT2D eigenvalue weighted by molar-refractivity contribution is 5.79. The Bertz CT molecular complexity index is 729. The summed E-state index contributed by atoms with van der Waals surface area (Å²) in [4.78, 5) is 16.6. The van der Waals surface area contributed by atoms with Gasteiger partial charge >= 0.3 is 0 Å². The number of benzene rings is 1. The van der Waals surface area contributed by atoms with Gasteiger partial charge in [0.05, 0.1) is 38.2 Å². The first kappa shape index (κ1) is 17.3. The summed E-state index contributed by atoms with van der Waals surface area (Å²) in [6.07, 6.45) is 4.14. The summed E-state index contributed by atoms with van der Waals surface area (Å²) in [5.41, 5.74) is 1.94. The van der Waals surface area contributed by atoms with E-state index in [1.807, 2.05) is 22.8 Å². The van der Waals surface area contributed by atoms with E-state index in [4.69, 9.17) is 14.2 Å². The first-order valence-corrected chi connectivity index (χ1v) is 8.26. The number of carbonyl (C=O) groups is 1. The molecule has 1 aromatic heterocycles. The summed E-state index contributed by atoms with van der Waals surface area (Å²) in [5.74, 6) is 1.36. The van der Waals surface area contributed by atoms with E-state index in [1.165, 1.54) is 0 Å². The zero-order chi connectivity index (χ0) is 17.6. The lowest BCUT2D eigenvalue weighted by Crippen LogP contribution is -2.37. The van der Waals surface area contributed by atoms with Crippen LogP contribution < -0.4 is 14.8 Å². The number of carbonyl (C=O) groups excluding carboxylic acids is 1. The van der Waals surface area contributed by atoms with Gasteiger partial charge in [0.1, 0.15) is 18.1 Å². The van der Waals surface area contributed by atoms with Crippen LogP contribution in [0.3, 0.4) is 0 Å². The Morgan fingerprint density at radius 3 is 3.12 bits per heavy atom. The third kappa shape index (κ3) is 4.11. The molecule has 0 spiro atoms. The summed E-state index contributed by atoms with van der Waals surface area (Å²) in [6, 6.07) is 5.67. The largest absolute Gasteiger partial charge is 0.497 e. The second-order valence-corrected chi connectivity index (χ2v) is 5.97. The molecular formula is C18H23N3O4. The van der Waals surface area contributed by atoms with Crippen LogP contribution in [0.1, 0.15) is 11.3 Å². The maximum Gasteiger partial charge on any atom is 0.227 e. The molecule has 1 N–H and O–H groups in total. The molecular weight excluding hydrogens is 322 g/mol. The highest BCUT2D eigenvalue weighted by Gasteiger charge is 2.26. The van der Waals surface area contributed by atoms with E-state index in [0.717, 1.165) is 22.8 Å². The van der Waals surface area contributed by atoms with Crippen molar-refractivity contribution >= 4 is 5.91 Å². The highest BCUT2D eigenvalue weighted by atomic mass is 16.5. The van der Waals surface area contributed by atoms with E-state index < -0.39 is 0 Å². The van der Waals surface area contributed by atoms with Crippen LogP contribution in [-0.2, 0) is 29.0 Å². The number of hydrogen-bond acceptors (Lipinski definition) is 5.